The summed E-state index contributed by atoms with van der Waals surface area (Å²) in [5, 5.41) is 48.5. The zero-order valence-corrected chi connectivity index (χ0v) is 34.8. The van der Waals surface area contributed by atoms with E-state index in [0.717, 1.165) is 50.0 Å². The Kier molecular flexibility index (Phi) is 14.7. The molecule has 0 spiro atoms. The van der Waals surface area contributed by atoms with Gasteiger partial charge in [-0.25, -0.2) is 0 Å². The van der Waals surface area contributed by atoms with Crippen LogP contribution < -0.4 is 18.9 Å². The molecule has 4 aromatic rings. The number of rotatable bonds is 14. The molecule has 9 nitrogen and oxygen atoms in total. The fourth-order valence-electron chi connectivity index (χ4n) is 6.62. The minimum atomic E-state index is -0.318. The number of methoxy groups -OCH3 is 2. The highest BCUT2D eigenvalue weighted by molar-refractivity contribution is 7.99. The maximum absolute atomic E-state index is 9.99. The van der Waals surface area contributed by atoms with Crippen LogP contribution in [0.3, 0.4) is 0 Å². The van der Waals surface area contributed by atoms with Gasteiger partial charge in [-0.2, -0.15) is 0 Å². The van der Waals surface area contributed by atoms with Crippen LogP contribution in [0.1, 0.15) is 96.0 Å². The second kappa shape index (κ2) is 19.0. The van der Waals surface area contributed by atoms with Crippen molar-refractivity contribution < 1.29 is 44.5 Å². The summed E-state index contributed by atoms with van der Waals surface area (Å²) in [7, 11) is 3.11. The second-order valence-corrected chi connectivity index (χ2v) is 17.2. The fourth-order valence-corrected chi connectivity index (χ4v) is 8.74. The topological polar surface area (TPSA) is 138 Å². The molecule has 0 aromatic heterocycles. The summed E-state index contributed by atoms with van der Waals surface area (Å²) in [5.74, 6) is 2.87. The first-order valence-corrected chi connectivity index (χ1v) is 20.4. The lowest BCUT2D eigenvalue weighted by Gasteiger charge is -2.28. The molecule has 0 bridgehead atoms. The number of thioether (sulfide) groups is 2. The standard InChI is InChI=1S/C23H28O4S.C22H26O5S/c1-5-22(16-10-17(13-24)19(14-25)21(12-16)26-4)28-18-6-7-20-15(11-18)8-9-23(2,3)27-20;1-22(2)7-6-14-9-17(4-5-19(14)27-22)28-21(13-25)15-8-16(11-23)18(12-24)20(10-15)26-3/h6-12,22,24-25H,5,13-14H2,1-4H3;4-10,21,23-25H,11-13H2,1-3H3. The minimum absolute atomic E-state index is 0.0758. The van der Waals surface area contributed by atoms with Gasteiger partial charge in [0.05, 0.1) is 52.5 Å². The molecule has 0 saturated carbocycles. The van der Waals surface area contributed by atoms with Gasteiger partial charge in [0.15, 0.2) is 0 Å². The molecule has 2 heterocycles. The third kappa shape index (κ3) is 10.3. The first kappa shape index (κ1) is 43.2. The maximum atomic E-state index is 9.99. The Labute approximate surface area is 339 Å². The molecule has 5 N–H and O–H groups in total. The lowest BCUT2D eigenvalue weighted by Crippen LogP contribution is -2.27. The lowest BCUT2D eigenvalue weighted by molar-refractivity contribution is 0.158. The Hall–Kier alpha value is -3.94. The Morgan fingerprint density at radius 2 is 1.02 bits per heavy atom. The van der Waals surface area contributed by atoms with E-state index >= 15 is 0 Å². The first-order valence-electron chi connectivity index (χ1n) is 18.6. The molecule has 6 rings (SSSR count). The molecule has 2 unspecified atom stereocenters. The third-order valence-electron chi connectivity index (χ3n) is 9.62. The summed E-state index contributed by atoms with van der Waals surface area (Å²) in [4.78, 5) is 2.16. The van der Waals surface area contributed by atoms with Crippen molar-refractivity contribution in [2.24, 2.45) is 0 Å². The lowest BCUT2D eigenvalue weighted by atomic mass is 10.0. The van der Waals surface area contributed by atoms with E-state index in [1.807, 2.05) is 82.3 Å². The van der Waals surface area contributed by atoms with Gasteiger partial charge in [-0.05, 0) is 117 Å². The van der Waals surface area contributed by atoms with Gasteiger partial charge in [0, 0.05) is 37.3 Å². The van der Waals surface area contributed by atoms with E-state index in [2.05, 4.69) is 37.3 Å². The van der Waals surface area contributed by atoms with E-state index in [0.29, 0.717) is 33.8 Å². The number of benzene rings is 4. The number of hydrogen-bond donors (Lipinski definition) is 5. The number of fused-ring (bicyclic) bond motifs is 2. The summed E-state index contributed by atoms with van der Waals surface area (Å²) in [5.41, 5.74) is 5.92. The van der Waals surface area contributed by atoms with Crippen molar-refractivity contribution in [2.75, 3.05) is 20.8 Å². The van der Waals surface area contributed by atoms with E-state index in [9.17, 15) is 25.5 Å². The van der Waals surface area contributed by atoms with E-state index in [1.165, 1.54) is 18.9 Å². The molecule has 300 valence electrons. The van der Waals surface area contributed by atoms with E-state index in [-0.39, 0.29) is 54.7 Å². The molecule has 2 aliphatic heterocycles. The van der Waals surface area contributed by atoms with Crippen molar-refractivity contribution in [3.63, 3.8) is 0 Å². The Morgan fingerprint density at radius 3 is 1.39 bits per heavy atom. The minimum Gasteiger partial charge on any atom is -0.496 e. The van der Waals surface area contributed by atoms with Crippen molar-refractivity contribution in [2.45, 2.75) is 99.0 Å². The van der Waals surface area contributed by atoms with Crippen LogP contribution in [0.2, 0.25) is 0 Å². The summed E-state index contributed by atoms with van der Waals surface area (Å²) >= 11 is 3.30. The molecular weight excluding hydrogens is 749 g/mol. The number of hydrogen-bond acceptors (Lipinski definition) is 11. The van der Waals surface area contributed by atoms with Crippen LogP contribution >= 0.6 is 23.5 Å². The smallest absolute Gasteiger partial charge is 0.127 e. The van der Waals surface area contributed by atoms with Crippen LogP contribution in [-0.2, 0) is 26.4 Å². The average Bonchev–Trinajstić information content (AvgIpc) is 3.20. The van der Waals surface area contributed by atoms with Crippen LogP contribution in [-0.4, -0.2) is 57.6 Å². The summed E-state index contributed by atoms with van der Waals surface area (Å²) in [6, 6.07) is 19.8. The molecule has 0 aliphatic carbocycles. The van der Waals surface area contributed by atoms with Gasteiger partial charge in [-0.3, -0.25) is 0 Å². The van der Waals surface area contributed by atoms with Gasteiger partial charge in [-0.15, -0.1) is 23.5 Å². The van der Waals surface area contributed by atoms with Crippen molar-refractivity contribution in [3.05, 3.63) is 117 Å². The predicted molar refractivity (Wildman–Crippen MR) is 225 cm³/mol. The van der Waals surface area contributed by atoms with Crippen molar-refractivity contribution in [1.82, 2.24) is 0 Å². The Bertz CT molecular complexity index is 1840. The van der Waals surface area contributed by atoms with E-state index in [1.54, 1.807) is 18.9 Å². The molecule has 2 atom stereocenters. The van der Waals surface area contributed by atoms with Gasteiger partial charge >= 0.3 is 0 Å². The summed E-state index contributed by atoms with van der Waals surface area (Å²) in [6.07, 6.45) is 9.20. The maximum Gasteiger partial charge on any atom is 0.127 e. The molecule has 4 aromatic carbocycles. The van der Waals surface area contributed by atoms with Gasteiger partial charge in [0.1, 0.15) is 34.2 Å². The largest absolute Gasteiger partial charge is 0.496 e. The molecule has 56 heavy (non-hydrogen) atoms. The van der Waals surface area contributed by atoms with Crippen LogP contribution in [0.15, 0.2) is 82.6 Å². The summed E-state index contributed by atoms with van der Waals surface area (Å²) in [6.45, 7) is 9.48. The predicted octanol–water partition coefficient (Wildman–Crippen LogP) is 8.80. The highest BCUT2D eigenvalue weighted by Crippen LogP contribution is 2.44. The van der Waals surface area contributed by atoms with Crippen LogP contribution in [0, 0.1) is 0 Å². The van der Waals surface area contributed by atoms with Gasteiger partial charge in [0.25, 0.3) is 0 Å². The van der Waals surface area contributed by atoms with Gasteiger partial charge in [-0.1, -0.05) is 31.2 Å². The van der Waals surface area contributed by atoms with E-state index in [4.69, 9.17) is 18.9 Å². The molecule has 0 fully saturated rings. The van der Waals surface area contributed by atoms with Gasteiger partial charge < -0.3 is 44.5 Å². The van der Waals surface area contributed by atoms with Crippen molar-refractivity contribution in [3.8, 4) is 23.0 Å². The quantitative estimate of drug-likeness (QED) is 0.0783. The fraction of sp³-hybridized carbons (Fsp3) is 0.378. The number of ether oxygens (including phenoxy) is 4. The number of aliphatic hydroxyl groups excluding tert-OH is 5. The highest BCUT2D eigenvalue weighted by atomic mass is 32.2. The second-order valence-electron chi connectivity index (χ2n) is 14.6. The molecule has 11 heteroatoms. The van der Waals surface area contributed by atoms with Gasteiger partial charge in [0.2, 0.25) is 0 Å². The molecule has 0 saturated heterocycles. The molecule has 2 aliphatic rings. The zero-order valence-electron chi connectivity index (χ0n) is 33.2. The first-order chi connectivity index (χ1) is 26.8. The Morgan fingerprint density at radius 1 is 0.589 bits per heavy atom. The Balaban J connectivity index is 0.000000214. The zero-order chi connectivity index (χ0) is 40.6. The molecule has 0 radical (unpaired) electrons. The van der Waals surface area contributed by atoms with Crippen LogP contribution in [0.4, 0.5) is 0 Å². The van der Waals surface area contributed by atoms with Crippen molar-refractivity contribution >= 4 is 35.7 Å². The monoisotopic (exact) mass is 802 g/mol. The third-order valence-corrected chi connectivity index (χ3v) is 12.3. The summed E-state index contributed by atoms with van der Waals surface area (Å²) < 4.78 is 22.8. The SMILES string of the molecule is CCC(Sc1ccc2c(c1)C=CC(C)(C)O2)c1cc(CO)c(CO)c(OC)c1.COc1cc(C(CO)Sc2ccc3c(c2)C=CC(C)(C)O3)cc(CO)c1CO. The molecular formula is C45H54O9S2. The van der Waals surface area contributed by atoms with Crippen molar-refractivity contribution in [1.29, 1.82) is 0 Å². The van der Waals surface area contributed by atoms with Crippen LogP contribution in [0.5, 0.6) is 23.0 Å². The highest BCUT2D eigenvalue weighted by Gasteiger charge is 2.25. The average molecular weight is 803 g/mol. The van der Waals surface area contributed by atoms with E-state index < -0.39 is 0 Å². The normalized spacial score (nSPS) is 15.6. The molecule has 0 amide bonds. The number of aliphatic hydroxyl groups is 5. The van der Waals surface area contributed by atoms with Crippen LogP contribution in [0.25, 0.3) is 12.2 Å².